The Morgan fingerprint density at radius 2 is 2.50 bits per heavy atom. The van der Waals surface area contributed by atoms with Crippen LogP contribution in [-0.2, 0) is 7.05 Å². The van der Waals surface area contributed by atoms with Gasteiger partial charge in [0.15, 0.2) is 0 Å². The lowest BCUT2D eigenvalue weighted by molar-refractivity contribution is 0.915. The molecule has 2 heteroatoms. The van der Waals surface area contributed by atoms with Gasteiger partial charge in [0.25, 0.3) is 0 Å². The van der Waals surface area contributed by atoms with Crippen LogP contribution >= 0.6 is 0 Å². The predicted octanol–water partition coefficient (Wildman–Crippen LogP) is 1.56. The van der Waals surface area contributed by atoms with Crippen molar-refractivity contribution < 1.29 is 0 Å². The number of hydrogen-bond acceptors (Lipinski definition) is 1. The minimum Gasteiger partial charge on any atom is -0.351 e. The number of aromatic nitrogens is 1. The Labute approximate surface area is 60.0 Å². The molecular weight excluding hydrogens is 124 g/mol. The van der Waals surface area contributed by atoms with Gasteiger partial charge in [-0.25, -0.2) is 0 Å². The third-order valence-electron chi connectivity index (χ3n) is 1.31. The summed E-state index contributed by atoms with van der Waals surface area (Å²) in [5.74, 6) is 0. The zero-order chi connectivity index (χ0) is 7.40. The summed E-state index contributed by atoms with van der Waals surface area (Å²) in [6.45, 7) is 0. The van der Waals surface area contributed by atoms with Crippen LogP contribution in [0.25, 0.3) is 6.08 Å². The van der Waals surface area contributed by atoms with E-state index >= 15 is 0 Å². The molecule has 0 saturated carbocycles. The smallest absolute Gasteiger partial charge is 0.0912 e. The average Bonchev–Trinajstić information content (AvgIpc) is 2.31. The van der Waals surface area contributed by atoms with Gasteiger partial charge in [0.05, 0.1) is 6.07 Å². The predicted molar refractivity (Wildman–Crippen MR) is 40.1 cm³/mol. The summed E-state index contributed by atoms with van der Waals surface area (Å²) in [7, 11) is 1.94. The van der Waals surface area contributed by atoms with Gasteiger partial charge in [-0.3, -0.25) is 0 Å². The first kappa shape index (κ1) is 6.63. The van der Waals surface area contributed by atoms with Gasteiger partial charge in [-0.2, -0.15) is 5.26 Å². The van der Waals surface area contributed by atoms with Crippen LogP contribution in [0.4, 0.5) is 0 Å². The molecule has 0 saturated heterocycles. The monoisotopic (exact) mass is 132 g/mol. The Morgan fingerprint density at radius 3 is 3.00 bits per heavy atom. The topological polar surface area (TPSA) is 28.7 Å². The summed E-state index contributed by atoms with van der Waals surface area (Å²) < 4.78 is 1.95. The summed E-state index contributed by atoms with van der Waals surface area (Å²) in [6.07, 6.45) is 5.19. The van der Waals surface area contributed by atoms with Gasteiger partial charge in [-0.1, -0.05) is 0 Å². The van der Waals surface area contributed by atoms with Crippen LogP contribution < -0.4 is 0 Å². The van der Waals surface area contributed by atoms with Crippen LogP contribution in [-0.4, -0.2) is 4.57 Å². The van der Waals surface area contributed by atoms with Gasteiger partial charge in [0, 0.05) is 25.0 Å². The highest BCUT2D eigenvalue weighted by molar-refractivity contribution is 5.48. The molecule has 2 nitrogen and oxygen atoms in total. The molecule has 1 heterocycles. The highest BCUT2D eigenvalue weighted by Gasteiger charge is 1.87. The number of rotatable bonds is 1. The fraction of sp³-hybridized carbons (Fsp3) is 0.125. The third-order valence-corrected chi connectivity index (χ3v) is 1.31. The third kappa shape index (κ3) is 1.26. The quantitative estimate of drug-likeness (QED) is 0.533. The van der Waals surface area contributed by atoms with E-state index < -0.39 is 0 Å². The van der Waals surface area contributed by atoms with Crippen molar-refractivity contribution in [2.24, 2.45) is 7.05 Å². The summed E-state index contributed by atoms with van der Waals surface area (Å²) in [6, 6.07) is 5.83. The standard InChI is InChI=1S/C8H8N2/c1-10-7-3-5-8(10)4-2-6-9/h2-5,7H,1H3. The SMILES string of the molecule is Cn1cccc1C=CC#N. The van der Waals surface area contributed by atoms with E-state index in [9.17, 15) is 0 Å². The van der Waals surface area contributed by atoms with Gasteiger partial charge < -0.3 is 4.57 Å². The lowest BCUT2D eigenvalue weighted by atomic mass is 10.4. The molecule has 0 aliphatic heterocycles. The molecule has 0 N–H and O–H groups in total. The summed E-state index contributed by atoms with van der Waals surface area (Å²) in [4.78, 5) is 0. The molecule has 0 atom stereocenters. The van der Waals surface area contributed by atoms with Crippen LogP contribution in [0.3, 0.4) is 0 Å². The molecule has 0 amide bonds. The molecule has 1 rings (SSSR count). The van der Waals surface area contributed by atoms with Gasteiger partial charge >= 0.3 is 0 Å². The Balaban J connectivity index is 2.87. The van der Waals surface area contributed by atoms with E-state index in [2.05, 4.69) is 0 Å². The van der Waals surface area contributed by atoms with E-state index in [0.29, 0.717) is 0 Å². The fourth-order valence-corrected chi connectivity index (χ4v) is 0.770. The van der Waals surface area contributed by atoms with E-state index in [1.54, 1.807) is 6.08 Å². The van der Waals surface area contributed by atoms with Gasteiger partial charge in [-0.15, -0.1) is 0 Å². The van der Waals surface area contributed by atoms with Crippen LogP contribution in [0.2, 0.25) is 0 Å². The minimum absolute atomic E-state index is 1.04. The molecular formula is C8H8N2. The molecule has 0 radical (unpaired) electrons. The first-order valence-electron chi connectivity index (χ1n) is 3.02. The molecule has 0 aromatic carbocycles. The summed E-state index contributed by atoms with van der Waals surface area (Å²) in [5, 5.41) is 8.21. The lowest BCUT2D eigenvalue weighted by Crippen LogP contribution is -1.85. The second kappa shape index (κ2) is 2.88. The van der Waals surface area contributed by atoms with E-state index in [4.69, 9.17) is 5.26 Å². The van der Waals surface area contributed by atoms with Crippen molar-refractivity contribution in [3.05, 3.63) is 30.1 Å². The number of nitriles is 1. The minimum atomic E-state index is 1.04. The number of allylic oxidation sites excluding steroid dienone is 1. The number of nitrogens with zero attached hydrogens (tertiary/aromatic N) is 2. The average molecular weight is 132 g/mol. The zero-order valence-electron chi connectivity index (χ0n) is 5.78. The molecule has 0 bridgehead atoms. The van der Waals surface area contributed by atoms with Crippen LogP contribution in [0.15, 0.2) is 24.4 Å². The fourth-order valence-electron chi connectivity index (χ4n) is 0.770. The molecule has 1 aromatic rings. The van der Waals surface area contributed by atoms with E-state index in [-0.39, 0.29) is 0 Å². The Bertz CT molecular complexity index is 276. The van der Waals surface area contributed by atoms with E-state index in [1.165, 1.54) is 6.08 Å². The molecule has 10 heavy (non-hydrogen) atoms. The van der Waals surface area contributed by atoms with Crippen molar-refractivity contribution in [2.45, 2.75) is 0 Å². The summed E-state index contributed by atoms with van der Waals surface area (Å²) in [5.41, 5.74) is 1.04. The zero-order valence-corrected chi connectivity index (χ0v) is 5.78. The lowest BCUT2D eigenvalue weighted by Gasteiger charge is -1.92. The van der Waals surface area contributed by atoms with Crippen LogP contribution in [0.1, 0.15) is 5.69 Å². The maximum Gasteiger partial charge on any atom is 0.0912 e. The maximum atomic E-state index is 8.21. The van der Waals surface area contributed by atoms with Crippen molar-refractivity contribution in [3.8, 4) is 6.07 Å². The van der Waals surface area contributed by atoms with Crippen molar-refractivity contribution in [1.29, 1.82) is 5.26 Å². The summed E-state index contributed by atoms with van der Waals surface area (Å²) >= 11 is 0. The van der Waals surface area contributed by atoms with Gasteiger partial charge in [0.1, 0.15) is 0 Å². The van der Waals surface area contributed by atoms with Crippen LogP contribution in [0.5, 0.6) is 0 Å². The number of aryl methyl sites for hydroxylation is 1. The van der Waals surface area contributed by atoms with E-state index in [0.717, 1.165) is 5.69 Å². The van der Waals surface area contributed by atoms with Crippen molar-refractivity contribution >= 4 is 6.08 Å². The Kier molecular flexibility index (Phi) is 1.91. The molecule has 0 fully saturated rings. The molecule has 0 spiro atoms. The largest absolute Gasteiger partial charge is 0.351 e. The molecule has 0 aliphatic carbocycles. The molecule has 0 aliphatic rings. The number of hydrogen-bond donors (Lipinski definition) is 0. The molecule has 1 aromatic heterocycles. The first-order valence-corrected chi connectivity index (χ1v) is 3.02. The maximum absolute atomic E-state index is 8.21. The van der Waals surface area contributed by atoms with Crippen molar-refractivity contribution in [1.82, 2.24) is 4.57 Å². The molecule has 50 valence electrons. The van der Waals surface area contributed by atoms with Crippen molar-refractivity contribution in [2.75, 3.05) is 0 Å². The van der Waals surface area contributed by atoms with E-state index in [1.807, 2.05) is 36.0 Å². The van der Waals surface area contributed by atoms with Gasteiger partial charge in [-0.05, 0) is 18.2 Å². The highest BCUT2D eigenvalue weighted by atomic mass is 14.9. The molecule has 0 unspecified atom stereocenters. The van der Waals surface area contributed by atoms with Crippen LogP contribution in [0, 0.1) is 11.3 Å². The normalized spacial score (nSPS) is 10.0. The van der Waals surface area contributed by atoms with Gasteiger partial charge in [0.2, 0.25) is 0 Å². The highest BCUT2D eigenvalue weighted by Crippen LogP contribution is 2.00. The Morgan fingerprint density at radius 1 is 1.70 bits per heavy atom. The van der Waals surface area contributed by atoms with Crippen molar-refractivity contribution in [3.63, 3.8) is 0 Å². The second-order valence-electron chi connectivity index (χ2n) is 2.01. The Hall–Kier alpha value is -1.49. The first-order chi connectivity index (χ1) is 4.84. The second-order valence-corrected chi connectivity index (χ2v) is 2.01.